The Labute approximate surface area is 180 Å². The van der Waals surface area contributed by atoms with Crippen molar-refractivity contribution in [3.8, 4) is 0 Å². The third kappa shape index (κ3) is 6.50. The number of rotatable bonds is 8. The summed E-state index contributed by atoms with van der Waals surface area (Å²) in [6, 6.07) is 18.8. The second-order valence-corrected chi connectivity index (χ2v) is 6.71. The van der Waals surface area contributed by atoms with E-state index in [0.29, 0.717) is 11.4 Å². The van der Waals surface area contributed by atoms with Crippen LogP contribution in [0.3, 0.4) is 0 Å². The maximum absolute atomic E-state index is 12.0. The van der Waals surface area contributed by atoms with Gasteiger partial charge < -0.3 is 15.4 Å². The standard InChI is InChI=1S/C24H23N3O4/c1-2-17-7-3-5-9-20(17)27-22(28)15-25-23(29)16-31-24(30)14-13-19-12-11-18-8-4-6-10-21(18)26-19/h3-14H,2,15-16H2,1H3,(H,25,29)(H,27,28)/b14-13+. The number of ether oxygens (including phenoxy) is 1. The summed E-state index contributed by atoms with van der Waals surface area (Å²) in [5, 5.41) is 6.18. The normalized spacial score (nSPS) is 10.7. The summed E-state index contributed by atoms with van der Waals surface area (Å²) in [4.78, 5) is 40.1. The lowest BCUT2D eigenvalue weighted by molar-refractivity contribution is -0.143. The maximum atomic E-state index is 12.0. The van der Waals surface area contributed by atoms with E-state index in [4.69, 9.17) is 4.74 Å². The average Bonchev–Trinajstić information content (AvgIpc) is 2.80. The van der Waals surface area contributed by atoms with E-state index in [1.807, 2.05) is 55.5 Å². The zero-order valence-corrected chi connectivity index (χ0v) is 17.1. The fourth-order valence-corrected chi connectivity index (χ4v) is 2.89. The molecule has 0 spiro atoms. The molecule has 7 nitrogen and oxygen atoms in total. The molecule has 0 atom stereocenters. The van der Waals surface area contributed by atoms with Crippen LogP contribution in [0.2, 0.25) is 0 Å². The van der Waals surface area contributed by atoms with Crippen molar-refractivity contribution in [3.63, 3.8) is 0 Å². The first-order chi connectivity index (χ1) is 15.0. The minimum atomic E-state index is -0.675. The van der Waals surface area contributed by atoms with Gasteiger partial charge >= 0.3 is 5.97 Å². The zero-order chi connectivity index (χ0) is 22.1. The lowest BCUT2D eigenvalue weighted by Crippen LogP contribution is -2.35. The molecular weight excluding hydrogens is 394 g/mol. The Hall–Kier alpha value is -4.00. The number of esters is 1. The number of hydrogen-bond acceptors (Lipinski definition) is 5. The van der Waals surface area contributed by atoms with E-state index in [1.165, 1.54) is 12.2 Å². The van der Waals surface area contributed by atoms with E-state index in [-0.39, 0.29) is 12.5 Å². The van der Waals surface area contributed by atoms with Crippen LogP contribution in [0.15, 0.2) is 66.7 Å². The molecule has 1 aromatic heterocycles. The lowest BCUT2D eigenvalue weighted by Gasteiger charge is -2.10. The Morgan fingerprint density at radius 3 is 2.58 bits per heavy atom. The van der Waals surface area contributed by atoms with Crippen LogP contribution >= 0.6 is 0 Å². The minimum Gasteiger partial charge on any atom is -0.452 e. The van der Waals surface area contributed by atoms with Crippen molar-refractivity contribution in [1.82, 2.24) is 10.3 Å². The fraction of sp³-hybridized carbons (Fsp3) is 0.167. The number of amides is 2. The number of carbonyl (C=O) groups is 3. The molecule has 0 saturated carbocycles. The van der Waals surface area contributed by atoms with Crippen LogP contribution in [0.25, 0.3) is 17.0 Å². The van der Waals surface area contributed by atoms with Crippen LogP contribution in [-0.4, -0.2) is 35.9 Å². The average molecular weight is 417 g/mol. The van der Waals surface area contributed by atoms with E-state index in [1.54, 1.807) is 12.1 Å². The van der Waals surface area contributed by atoms with Gasteiger partial charge in [-0.15, -0.1) is 0 Å². The quantitative estimate of drug-likeness (QED) is 0.434. The van der Waals surface area contributed by atoms with E-state index < -0.39 is 18.5 Å². The largest absolute Gasteiger partial charge is 0.452 e. The van der Waals surface area contributed by atoms with Gasteiger partial charge in [0, 0.05) is 17.1 Å². The van der Waals surface area contributed by atoms with Crippen LogP contribution in [0.1, 0.15) is 18.2 Å². The number of carbonyl (C=O) groups excluding carboxylic acids is 3. The number of pyridine rings is 1. The summed E-state index contributed by atoms with van der Waals surface area (Å²) >= 11 is 0. The zero-order valence-electron chi connectivity index (χ0n) is 17.1. The lowest BCUT2D eigenvalue weighted by atomic mass is 10.1. The predicted octanol–water partition coefficient (Wildman–Crippen LogP) is 3.11. The van der Waals surface area contributed by atoms with Crippen molar-refractivity contribution >= 4 is 40.4 Å². The van der Waals surface area contributed by atoms with Crippen LogP contribution in [0.4, 0.5) is 5.69 Å². The molecule has 1 heterocycles. The topological polar surface area (TPSA) is 97.4 Å². The van der Waals surface area contributed by atoms with Gasteiger partial charge in [0.05, 0.1) is 17.8 Å². The van der Waals surface area contributed by atoms with E-state index >= 15 is 0 Å². The van der Waals surface area contributed by atoms with Crippen LogP contribution < -0.4 is 10.6 Å². The molecule has 0 bridgehead atoms. The van der Waals surface area contributed by atoms with Gasteiger partial charge in [0.2, 0.25) is 5.91 Å². The number of anilines is 1. The summed E-state index contributed by atoms with van der Waals surface area (Å²) < 4.78 is 4.90. The second kappa shape index (κ2) is 10.7. The molecule has 2 amide bonds. The summed E-state index contributed by atoms with van der Waals surface area (Å²) in [6.45, 7) is 1.30. The molecule has 2 N–H and O–H groups in total. The van der Waals surface area contributed by atoms with Gasteiger partial charge in [-0.3, -0.25) is 9.59 Å². The van der Waals surface area contributed by atoms with Crippen molar-refractivity contribution in [3.05, 3.63) is 78.0 Å². The Kier molecular flexibility index (Phi) is 7.48. The first kappa shape index (κ1) is 21.7. The van der Waals surface area contributed by atoms with Crippen LogP contribution in [0.5, 0.6) is 0 Å². The number of nitrogens with zero attached hydrogens (tertiary/aromatic N) is 1. The highest BCUT2D eigenvalue weighted by Gasteiger charge is 2.09. The van der Waals surface area contributed by atoms with Gasteiger partial charge in [-0.1, -0.05) is 49.4 Å². The number of fused-ring (bicyclic) bond motifs is 1. The molecule has 0 radical (unpaired) electrons. The number of aryl methyl sites for hydroxylation is 1. The van der Waals surface area contributed by atoms with Gasteiger partial charge in [-0.2, -0.15) is 0 Å². The Morgan fingerprint density at radius 1 is 0.968 bits per heavy atom. The fourth-order valence-electron chi connectivity index (χ4n) is 2.89. The summed E-state index contributed by atoms with van der Waals surface area (Å²) in [5.41, 5.74) is 3.13. The van der Waals surface area contributed by atoms with Crippen molar-refractivity contribution in [1.29, 1.82) is 0 Å². The summed E-state index contributed by atoms with van der Waals surface area (Å²) in [5.74, 6) is -1.60. The Morgan fingerprint density at radius 2 is 1.74 bits per heavy atom. The molecule has 158 valence electrons. The molecule has 0 aliphatic heterocycles. The van der Waals surface area contributed by atoms with Crippen molar-refractivity contribution in [2.45, 2.75) is 13.3 Å². The van der Waals surface area contributed by atoms with E-state index in [2.05, 4.69) is 15.6 Å². The minimum absolute atomic E-state index is 0.217. The van der Waals surface area contributed by atoms with Gasteiger partial charge in [-0.05, 0) is 36.3 Å². The third-order valence-electron chi connectivity index (χ3n) is 4.47. The molecule has 0 aliphatic carbocycles. The highest BCUT2D eigenvalue weighted by Crippen LogP contribution is 2.15. The van der Waals surface area contributed by atoms with E-state index in [9.17, 15) is 14.4 Å². The molecule has 0 saturated heterocycles. The Bertz CT molecular complexity index is 1120. The molecule has 0 aliphatic rings. The van der Waals surface area contributed by atoms with Crippen LogP contribution in [0, 0.1) is 0 Å². The molecular formula is C24H23N3O4. The highest BCUT2D eigenvalue weighted by molar-refractivity contribution is 5.95. The molecule has 3 rings (SSSR count). The molecule has 0 fully saturated rings. The van der Waals surface area contributed by atoms with Gasteiger partial charge in [-0.25, -0.2) is 9.78 Å². The smallest absolute Gasteiger partial charge is 0.331 e. The SMILES string of the molecule is CCc1ccccc1NC(=O)CNC(=O)COC(=O)/C=C/c1ccc2ccccc2n1. The summed E-state index contributed by atoms with van der Waals surface area (Å²) in [6.07, 6.45) is 3.51. The molecule has 2 aromatic carbocycles. The highest BCUT2D eigenvalue weighted by atomic mass is 16.5. The van der Waals surface area contributed by atoms with Crippen molar-refractivity contribution in [2.24, 2.45) is 0 Å². The van der Waals surface area contributed by atoms with Gasteiger partial charge in [0.1, 0.15) is 0 Å². The monoisotopic (exact) mass is 417 g/mol. The Balaban J connectivity index is 1.41. The van der Waals surface area contributed by atoms with Crippen molar-refractivity contribution < 1.29 is 19.1 Å². The number of nitrogens with one attached hydrogen (secondary N) is 2. The summed E-state index contributed by atoms with van der Waals surface area (Å²) in [7, 11) is 0. The molecule has 3 aromatic rings. The first-order valence-corrected chi connectivity index (χ1v) is 9.90. The number of benzene rings is 2. The number of aromatic nitrogens is 1. The second-order valence-electron chi connectivity index (χ2n) is 6.71. The maximum Gasteiger partial charge on any atom is 0.331 e. The number of para-hydroxylation sites is 2. The first-order valence-electron chi connectivity index (χ1n) is 9.90. The predicted molar refractivity (Wildman–Crippen MR) is 119 cm³/mol. The third-order valence-corrected chi connectivity index (χ3v) is 4.47. The van der Waals surface area contributed by atoms with Gasteiger partial charge in [0.15, 0.2) is 6.61 Å². The molecule has 7 heteroatoms. The number of hydrogen-bond donors (Lipinski definition) is 2. The molecule has 31 heavy (non-hydrogen) atoms. The van der Waals surface area contributed by atoms with Crippen molar-refractivity contribution in [2.75, 3.05) is 18.5 Å². The van der Waals surface area contributed by atoms with Crippen LogP contribution in [-0.2, 0) is 25.5 Å². The van der Waals surface area contributed by atoms with Gasteiger partial charge in [0.25, 0.3) is 5.91 Å². The molecule has 0 unspecified atom stereocenters. The van der Waals surface area contributed by atoms with E-state index in [0.717, 1.165) is 22.9 Å².